The monoisotopic (exact) mass is 280 g/mol. The van der Waals surface area contributed by atoms with Crippen LogP contribution < -0.4 is 16.6 Å². The summed E-state index contributed by atoms with van der Waals surface area (Å²) in [6.07, 6.45) is 9.19. The van der Waals surface area contributed by atoms with Crippen LogP contribution in [0.1, 0.15) is 44.9 Å². The van der Waals surface area contributed by atoms with Crippen molar-refractivity contribution >= 4 is 17.5 Å². The SMILES string of the molecule is NNc1ncc([N+](=O)[O-])c(NC2CCCCCCC2)n1. The first-order valence-electron chi connectivity index (χ1n) is 6.95. The number of hydrogen-bond donors (Lipinski definition) is 3. The minimum Gasteiger partial charge on any atom is -0.361 e. The van der Waals surface area contributed by atoms with E-state index >= 15 is 0 Å². The lowest BCUT2D eigenvalue weighted by Gasteiger charge is -2.21. The van der Waals surface area contributed by atoms with Gasteiger partial charge in [0.25, 0.3) is 0 Å². The van der Waals surface area contributed by atoms with Crippen LogP contribution in [0.3, 0.4) is 0 Å². The van der Waals surface area contributed by atoms with E-state index in [0.29, 0.717) is 0 Å². The summed E-state index contributed by atoms with van der Waals surface area (Å²) in [6, 6.07) is 0.217. The number of nitrogens with two attached hydrogens (primary N) is 1. The molecule has 1 saturated carbocycles. The normalized spacial score (nSPS) is 17.1. The second-order valence-corrected chi connectivity index (χ2v) is 5.02. The minimum atomic E-state index is -0.481. The van der Waals surface area contributed by atoms with Crippen molar-refractivity contribution in [1.29, 1.82) is 0 Å². The van der Waals surface area contributed by atoms with Crippen LogP contribution in [0.5, 0.6) is 0 Å². The number of hydrogen-bond acceptors (Lipinski definition) is 7. The predicted octanol–water partition coefficient (Wildman–Crippen LogP) is 2.20. The highest BCUT2D eigenvalue weighted by atomic mass is 16.6. The van der Waals surface area contributed by atoms with E-state index in [4.69, 9.17) is 5.84 Å². The number of anilines is 2. The molecule has 1 aliphatic rings. The number of hydrazine groups is 1. The lowest BCUT2D eigenvalue weighted by atomic mass is 9.97. The van der Waals surface area contributed by atoms with Crippen molar-refractivity contribution in [3.63, 3.8) is 0 Å². The third-order valence-electron chi connectivity index (χ3n) is 3.54. The van der Waals surface area contributed by atoms with Crippen molar-refractivity contribution in [3.05, 3.63) is 16.3 Å². The van der Waals surface area contributed by atoms with Crippen molar-refractivity contribution in [3.8, 4) is 0 Å². The third kappa shape index (κ3) is 3.77. The number of nitrogens with zero attached hydrogens (tertiary/aromatic N) is 3. The van der Waals surface area contributed by atoms with Gasteiger partial charge in [-0.1, -0.05) is 32.1 Å². The molecular formula is C12H20N6O2. The van der Waals surface area contributed by atoms with Gasteiger partial charge in [0.2, 0.25) is 11.8 Å². The van der Waals surface area contributed by atoms with E-state index in [1.165, 1.54) is 25.5 Å². The molecule has 20 heavy (non-hydrogen) atoms. The Balaban J connectivity index is 2.14. The molecule has 0 unspecified atom stereocenters. The summed E-state index contributed by atoms with van der Waals surface area (Å²) in [6.45, 7) is 0. The molecule has 1 aliphatic carbocycles. The molecule has 0 radical (unpaired) electrons. The Hall–Kier alpha value is -1.96. The van der Waals surface area contributed by atoms with Gasteiger partial charge < -0.3 is 5.32 Å². The molecule has 0 atom stereocenters. The summed E-state index contributed by atoms with van der Waals surface area (Å²) in [5.41, 5.74) is 2.19. The van der Waals surface area contributed by atoms with E-state index in [0.717, 1.165) is 25.7 Å². The average Bonchev–Trinajstić information content (AvgIpc) is 2.41. The molecule has 8 nitrogen and oxygen atoms in total. The molecule has 1 aromatic rings. The first-order valence-corrected chi connectivity index (χ1v) is 6.95. The fourth-order valence-electron chi connectivity index (χ4n) is 2.48. The van der Waals surface area contributed by atoms with Crippen molar-refractivity contribution in [2.24, 2.45) is 5.84 Å². The topological polar surface area (TPSA) is 119 Å². The fourth-order valence-corrected chi connectivity index (χ4v) is 2.48. The lowest BCUT2D eigenvalue weighted by molar-refractivity contribution is -0.384. The predicted molar refractivity (Wildman–Crippen MR) is 76.2 cm³/mol. The minimum absolute atomic E-state index is 0.119. The zero-order chi connectivity index (χ0) is 14.4. The first-order chi connectivity index (χ1) is 9.70. The van der Waals surface area contributed by atoms with Gasteiger partial charge in [0.15, 0.2) is 0 Å². The highest BCUT2D eigenvalue weighted by molar-refractivity contribution is 5.57. The van der Waals surface area contributed by atoms with Crippen LogP contribution in [0.4, 0.5) is 17.5 Å². The van der Waals surface area contributed by atoms with E-state index in [9.17, 15) is 10.1 Å². The molecule has 0 bridgehead atoms. The molecule has 0 aliphatic heterocycles. The Labute approximate surface area is 117 Å². The lowest BCUT2D eigenvalue weighted by Crippen LogP contribution is -2.22. The van der Waals surface area contributed by atoms with Crippen LogP contribution in [0.25, 0.3) is 0 Å². The molecule has 0 spiro atoms. The van der Waals surface area contributed by atoms with Gasteiger partial charge in [0.1, 0.15) is 6.20 Å². The smallest absolute Gasteiger partial charge is 0.329 e. The van der Waals surface area contributed by atoms with Crippen molar-refractivity contribution in [2.45, 2.75) is 51.0 Å². The van der Waals surface area contributed by atoms with E-state index < -0.39 is 4.92 Å². The summed E-state index contributed by atoms with van der Waals surface area (Å²) in [4.78, 5) is 18.4. The van der Waals surface area contributed by atoms with Gasteiger partial charge in [-0.05, 0) is 12.8 Å². The van der Waals surface area contributed by atoms with Gasteiger partial charge in [0, 0.05) is 6.04 Å². The summed E-state index contributed by atoms with van der Waals surface area (Å²) in [7, 11) is 0. The van der Waals surface area contributed by atoms with Gasteiger partial charge in [-0.2, -0.15) is 4.98 Å². The molecular weight excluding hydrogens is 260 g/mol. The van der Waals surface area contributed by atoms with E-state index in [1.807, 2.05) is 0 Å². The highest BCUT2D eigenvalue weighted by Crippen LogP contribution is 2.26. The molecule has 0 saturated heterocycles. The maximum atomic E-state index is 11.0. The Bertz CT molecular complexity index is 459. The van der Waals surface area contributed by atoms with Gasteiger partial charge >= 0.3 is 5.69 Å². The van der Waals surface area contributed by atoms with Crippen LogP contribution >= 0.6 is 0 Å². The number of nitrogen functional groups attached to an aromatic ring is 1. The molecule has 2 rings (SSSR count). The van der Waals surface area contributed by atoms with Crippen LogP contribution in [-0.2, 0) is 0 Å². The molecule has 0 aromatic carbocycles. The van der Waals surface area contributed by atoms with Crippen molar-refractivity contribution < 1.29 is 4.92 Å². The standard InChI is InChI=1S/C12H20N6O2/c13-17-12-14-8-10(18(19)20)11(16-12)15-9-6-4-2-1-3-5-7-9/h8-9H,1-7,13H2,(H2,14,15,16,17). The molecule has 1 fully saturated rings. The zero-order valence-corrected chi connectivity index (χ0v) is 11.3. The maximum absolute atomic E-state index is 11.0. The average molecular weight is 280 g/mol. The Kier molecular flexibility index (Phi) is 5.05. The Morgan fingerprint density at radius 1 is 1.25 bits per heavy atom. The zero-order valence-electron chi connectivity index (χ0n) is 11.3. The molecule has 1 aromatic heterocycles. The van der Waals surface area contributed by atoms with Crippen LogP contribution in [0.15, 0.2) is 6.20 Å². The Morgan fingerprint density at radius 2 is 1.90 bits per heavy atom. The quantitative estimate of drug-likeness (QED) is 0.439. The largest absolute Gasteiger partial charge is 0.361 e. The van der Waals surface area contributed by atoms with Crippen molar-refractivity contribution in [1.82, 2.24) is 9.97 Å². The third-order valence-corrected chi connectivity index (χ3v) is 3.54. The number of rotatable bonds is 4. The number of nitro groups is 1. The van der Waals surface area contributed by atoms with Gasteiger partial charge in [0.05, 0.1) is 4.92 Å². The molecule has 1 heterocycles. The van der Waals surface area contributed by atoms with Crippen LogP contribution in [0, 0.1) is 10.1 Å². The van der Waals surface area contributed by atoms with E-state index in [2.05, 4.69) is 20.7 Å². The number of aromatic nitrogens is 2. The summed E-state index contributed by atoms with van der Waals surface area (Å²) in [5, 5.41) is 14.2. The summed E-state index contributed by atoms with van der Waals surface area (Å²) in [5.74, 6) is 5.66. The van der Waals surface area contributed by atoms with Gasteiger partial charge in [-0.3, -0.25) is 15.5 Å². The fraction of sp³-hybridized carbons (Fsp3) is 0.667. The molecule has 8 heteroatoms. The highest BCUT2D eigenvalue weighted by Gasteiger charge is 2.20. The molecule has 4 N–H and O–H groups in total. The second kappa shape index (κ2) is 6.99. The van der Waals surface area contributed by atoms with E-state index in [-0.39, 0.29) is 23.5 Å². The molecule has 110 valence electrons. The van der Waals surface area contributed by atoms with Crippen LogP contribution in [-0.4, -0.2) is 20.9 Å². The van der Waals surface area contributed by atoms with Gasteiger partial charge in [-0.25, -0.2) is 10.8 Å². The van der Waals surface area contributed by atoms with Crippen LogP contribution in [0.2, 0.25) is 0 Å². The van der Waals surface area contributed by atoms with Gasteiger partial charge in [-0.15, -0.1) is 0 Å². The Morgan fingerprint density at radius 3 is 2.50 bits per heavy atom. The van der Waals surface area contributed by atoms with E-state index in [1.54, 1.807) is 0 Å². The number of nitrogens with one attached hydrogen (secondary N) is 2. The summed E-state index contributed by atoms with van der Waals surface area (Å²) >= 11 is 0. The maximum Gasteiger partial charge on any atom is 0.329 e. The first kappa shape index (κ1) is 14.4. The second-order valence-electron chi connectivity index (χ2n) is 5.02. The summed E-state index contributed by atoms with van der Waals surface area (Å²) < 4.78 is 0. The van der Waals surface area contributed by atoms with Crippen molar-refractivity contribution in [2.75, 3.05) is 10.7 Å². The molecule has 0 amide bonds.